The molecule has 2 aliphatic rings. The summed E-state index contributed by atoms with van der Waals surface area (Å²) in [5.74, 6) is 2.16. The molecule has 2 aromatic heterocycles. The van der Waals surface area contributed by atoms with Crippen molar-refractivity contribution in [2.45, 2.75) is 46.0 Å². The van der Waals surface area contributed by atoms with Crippen LogP contribution in [0, 0.1) is 11.7 Å². The van der Waals surface area contributed by atoms with Crippen LogP contribution < -0.4 is 4.90 Å². The maximum absolute atomic E-state index is 14.1. The van der Waals surface area contributed by atoms with E-state index in [0.29, 0.717) is 32.1 Å². The van der Waals surface area contributed by atoms with Crippen LogP contribution in [0.1, 0.15) is 59.7 Å². The maximum atomic E-state index is 14.1. The van der Waals surface area contributed by atoms with Crippen LogP contribution in [0.15, 0.2) is 24.3 Å². The van der Waals surface area contributed by atoms with E-state index < -0.39 is 5.82 Å². The van der Waals surface area contributed by atoms with Gasteiger partial charge in [-0.05, 0) is 42.9 Å². The molecule has 1 atom stereocenters. The standard InChI is InChI=1S/C25H29FN4OS/c1-15(2)22-27-23(21-18-9-8-16(3)14-20(18)32-24(21)28-22)29-10-12-30(13-11-29)25(31)17-6-4-5-7-19(17)26/h4-7,15-16H,8-14H2,1-3H3. The number of thiophene rings is 1. The average Bonchev–Trinajstić information content (AvgIpc) is 3.15. The summed E-state index contributed by atoms with van der Waals surface area (Å²) < 4.78 is 14.1. The molecule has 3 aromatic rings. The number of benzene rings is 1. The number of amides is 1. The number of aromatic nitrogens is 2. The fourth-order valence-electron chi connectivity index (χ4n) is 4.75. The fourth-order valence-corrected chi connectivity index (χ4v) is 6.14. The molecule has 7 heteroatoms. The number of carbonyl (C=O) groups is 1. The third-order valence-electron chi connectivity index (χ3n) is 6.64. The van der Waals surface area contributed by atoms with Gasteiger partial charge in [0.05, 0.1) is 10.9 Å². The van der Waals surface area contributed by atoms with E-state index in [0.717, 1.165) is 29.3 Å². The molecule has 1 unspecified atom stereocenters. The van der Waals surface area contributed by atoms with Crippen LogP contribution in [0.4, 0.5) is 10.2 Å². The summed E-state index contributed by atoms with van der Waals surface area (Å²) in [6, 6.07) is 6.22. The first-order valence-corrected chi connectivity index (χ1v) is 12.3. The maximum Gasteiger partial charge on any atom is 0.256 e. The number of nitrogens with zero attached hydrogens (tertiary/aromatic N) is 4. The van der Waals surface area contributed by atoms with Crippen molar-refractivity contribution in [2.24, 2.45) is 5.92 Å². The smallest absolute Gasteiger partial charge is 0.256 e. The Labute approximate surface area is 192 Å². The molecule has 1 aliphatic carbocycles. The normalized spacial score (nSPS) is 19.0. The van der Waals surface area contributed by atoms with E-state index in [9.17, 15) is 9.18 Å². The highest BCUT2D eigenvalue weighted by Gasteiger charge is 2.29. The number of hydrogen-bond donors (Lipinski definition) is 0. The van der Waals surface area contributed by atoms with Gasteiger partial charge in [0, 0.05) is 37.0 Å². The van der Waals surface area contributed by atoms with Gasteiger partial charge in [0.1, 0.15) is 22.3 Å². The van der Waals surface area contributed by atoms with Crippen LogP contribution in [0.3, 0.4) is 0 Å². The van der Waals surface area contributed by atoms with E-state index >= 15 is 0 Å². The van der Waals surface area contributed by atoms with Crippen molar-refractivity contribution < 1.29 is 9.18 Å². The molecule has 168 valence electrons. The molecule has 1 aromatic carbocycles. The van der Waals surface area contributed by atoms with Crippen molar-refractivity contribution in [1.29, 1.82) is 0 Å². The van der Waals surface area contributed by atoms with E-state index in [1.165, 1.54) is 28.3 Å². The van der Waals surface area contributed by atoms with Gasteiger partial charge in [0.25, 0.3) is 5.91 Å². The van der Waals surface area contributed by atoms with Crippen molar-refractivity contribution in [3.05, 3.63) is 51.9 Å². The van der Waals surface area contributed by atoms with E-state index in [2.05, 4.69) is 25.7 Å². The molecule has 1 amide bonds. The lowest BCUT2D eigenvalue weighted by Gasteiger charge is -2.36. The topological polar surface area (TPSA) is 49.3 Å². The van der Waals surface area contributed by atoms with E-state index in [4.69, 9.17) is 9.97 Å². The Bertz CT molecular complexity index is 1170. The lowest BCUT2D eigenvalue weighted by atomic mass is 9.89. The van der Waals surface area contributed by atoms with Gasteiger partial charge in [-0.1, -0.05) is 32.9 Å². The zero-order chi connectivity index (χ0) is 22.4. The van der Waals surface area contributed by atoms with Crippen molar-refractivity contribution >= 4 is 33.3 Å². The zero-order valence-electron chi connectivity index (χ0n) is 18.9. The predicted molar refractivity (Wildman–Crippen MR) is 127 cm³/mol. The van der Waals surface area contributed by atoms with Gasteiger partial charge in [-0.3, -0.25) is 4.79 Å². The summed E-state index contributed by atoms with van der Waals surface area (Å²) in [5.41, 5.74) is 1.58. The molecule has 3 heterocycles. The molecule has 1 saturated heterocycles. The number of anilines is 1. The average molecular weight is 453 g/mol. The minimum Gasteiger partial charge on any atom is -0.352 e. The summed E-state index contributed by atoms with van der Waals surface area (Å²) >= 11 is 1.83. The van der Waals surface area contributed by atoms with Crippen molar-refractivity contribution in [3.8, 4) is 0 Å². The molecule has 0 bridgehead atoms. The van der Waals surface area contributed by atoms with E-state index in [1.807, 2.05) is 11.3 Å². The fraction of sp³-hybridized carbons (Fsp3) is 0.480. The van der Waals surface area contributed by atoms with E-state index in [-0.39, 0.29) is 17.4 Å². The number of piperazine rings is 1. The quantitative estimate of drug-likeness (QED) is 0.559. The summed E-state index contributed by atoms with van der Waals surface area (Å²) in [5, 5.41) is 1.22. The first-order chi connectivity index (χ1) is 15.4. The molecule has 0 spiro atoms. The second kappa shape index (κ2) is 8.43. The Morgan fingerprint density at radius 3 is 2.62 bits per heavy atom. The lowest BCUT2D eigenvalue weighted by Crippen LogP contribution is -2.49. The lowest BCUT2D eigenvalue weighted by molar-refractivity contribution is 0.0742. The highest BCUT2D eigenvalue weighted by molar-refractivity contribution is 7.19. The molecule has 0 saturated carbocycles. The summed E-state index contributed by atoms with van der Waals surface area (Å²) in [6.45, 7) is 9.07. The first kappa shape index (κ1) is 21.3. The van der Waals surface area contributed by atoms with Crippen LogP contribution in [-0.4, -0.2) is 47.0 Å². The molecule has 1 aliphatic heterocycles. The Balaban J connectivity index is 1.45. The number of rotatable bonds is 3. The van der Waals surface area contributed by atoms with Gasteiger partial charge in [-0.2, -0.15) is 0 Å². The summed E-state index contributed by atoms with van der Waals surface area (Å²) in [6.07, 6.45) is 3.41. The van der Waals surface area contributed by atoms with Gasteiger partial charge in [-0.25, -0.2) is 14.4 Å². The van der Waals surface area contributed by atoms with Gasteiger partial charge in [0.15, 0.2) is 0 Å². The number of halogens is 1. The highest BCUT2D eigenvalue weighted by atomic mass is 32.1. The predicted octanol–water partition coefficient (Wildman–Crippen LogP) is 5.04. The molecule has 5 rings (SSSR count). The molecular weight excluding hydrogens is 423 g/mol. The second-order valence-electron chi connectivity index (χ2n) is 9.35. The molecule has 32 heavy (non-hydrogen) atoms. The molecule has 0 N–H and O–H groups in total. The number of carbonyl (C=O) groups excluding carboxylic acids is 1. The Morgan fingerprint density at radius 1 is 1.16 bits per heavy atom. The minimum absolute atomic E-state index is 0.147. The van der Waals surface area contributed by atoms with Crippen LogP contribution in [0.5, 0.6) is 0 Å². The van der Waals surface area contributed by atoms with Gasteiger partial charge < -0.3 is 9.80 Å². The largest absolute Gasteiger partial charge is 0.352 e. The summed E-state index contributed by atoms with van der Waals surface area (Å²) in [7, 11) is 0. The number of fused-ring (bicyclic) bond motifs is 3. The van der Waals surface area contributed by atoms with Crippen molar-refractivity contribution in [3.63, 3.8) is 0 Å². The summed E-state index contributed by atoms with van der Waals surface area (Å²) in [4.78, 5) is 29.4. The van der Waals surface area contributed by atoms with Crippen LogP contribution in [-0.2, 0) is 12.8 Å². The van der Waals surface area contributed by atoms with Gasteiger partial charge in [-0.15, -0.1) is 11.3 Å². The van der Waals surface area contributed by atoms with Crippen LogP contribution in [0.25, 0.3) is 10.2 Å². The minimum atomic E-state index is -0.460. The number of aryl methyl sites for hydroxylation is 1. The van der Waals surface area contributed by atoms with Gasteiger partial charge >= 0.3 is 0 Å². The Morgan fingerprint density at radius 2 is 1.91 bits per heavy atom. The monoisotopic (exact) mass is 452 g/mol. The molecule has 0 radical (unpaired) electrons. The zero-order valence-corrected chi connectivity index (χ0v) is 19.7. The third-order valence-corrected chi connectivity index (χ3v) is 7.79. The molecule has 5 nitrogen and oxygen atoms in total. The van der Waals surface area contributed by atoms with Gasteiger partial charge in [0.2, 0.25) is 0 Å². The van der Waals surface area contributed by atoms with Crippen LogP contribution in [0.2, 0.25) is 0 Å². The Kier molecular flexibility index (Phi) is 5.61. The van der Waals surface area contributed by atoms with Crippen molar-refractivity contribution in [2.75, 3.05) is 31.1 Å². The molecular formula is C25H29FN4OS. The van der Waals surface area contributed by atoms with Crippen molar-refractivity contribution in [1.82, 2.24) is 14.9 Å². The van der Waals surface area contributed by atoms with E-state index in [1.54, 1.807) is 23.1 Å². The highest BCUT2D eigenvalue weighted by Crippen LogP contribution is 2.41. The second-order valence-corrected chi connectivity index (χ2v) is 10.4. The first-order valence-electron chi connectivity index (χ1n) is 11.5. The Hall–Kier alpha value is -2.54. The third kappa shape index (κ3) is 3.76. The molecule has 1 fully saturated rings. The SMILES string of the molecule is CC1CCc2c(sc3nc(C(C)C)nc(N4CCN(C(=O)c5ccccc5F)CC4)c23)C1. The van der Waals surface area contributed by atoms with Crippen LogP contribution >= 0.6 is 11.3 Å². The number of hydrogen-bond acceptors (Lipinski definition) is 5.